The fraction of sp³-hybridized carbons (Fsp3) is 0.529. The summed E-state index contributed by atoms with van der Waals surface area (Å²) < 4.78 is 54.6. The molecule has 1 unspecified atom stereocenters. The standard InChI is InChI=1S/C17H26N10O5S2/c18-16(28)11-4-7-27(8-6-21-11)12-1-2-13(34(31,32)24-10-3-5-20-9-10)15(33(19,29)30)14(12)17-22-25-26-23-17/h1-2,10-11,20-21,24H,3-9H2,(H2,18,28)(H2,19,29,30)(H,22,23,25,26)/t10-,11?/m1/s1. The molecule has 2 aliphatic heterocycles. The number of benzene rings is 1. The first kappa shape index (κ1) is 24.4. The van der Waals surface area contributed by atoms with E-state index in [-0.39, 0.29) is 11.4 Å². The molecule has 0 bridgehead atoms. The summed E-state index contributed by atoms with van der Waals surface area (Å²) in [6, 6.07) is 1.73. The molecule has 0 aliphatic carbocycles. The van der Waals surface area contributed by atoms with Gasteiger partial charge in [0, 0.05) is 37.9 Å². The molecular formula is C17H26N10O5S2. The van der Waals surface area contributed by atoms with Crippen LogP contribution in [-0.4, -0.2) is 88.2 Å². The molecule has 17 heteroatoms. The van der Waals surface area contributed by atoms with Gasteiger partial charge in [0.15, 0.2) is 0 Å². The average Bonchev–Trinajstić information content (AvgIpc) is 3.41. The lowest BCUT2D eigenvalue weighted by molar-refractivity contribution is -0.120. The van der Waals surface area contributed by atoms with Gasteiger partial charge in [0.2, 0.25) is 31.8 Å². The number of tetrazole rings is 1. The number of aromatic amines is 1. The molecule has 1 aromatic heterocycles. The maximum absolute atomic E-state index is 13.2. The molecule has 0 saturated carbocycles. The van der Waals surface area contributed by atoms with E-state index in [4.69, 9.17) is 10.9 Å². The number of hydrogen-bond donors (Lipinski definition) is 6. The summed E-state index contributed by atoms with van der Waals surface area (Å²) in [5, 5.41) is 25.2. The predicted molar refractivity (Wildman–Crippen MR) is 120 cm³/mol. The molecule has 8 N–H and O–H groups in total. The second-order valence-corrected chi connectivity index (χ2v) is 11.2. The van der Waals surface area contributed by atoms with Gasteiger partial charge in [0.1, 0.15) is 9.79 Å². The molecule has 186 valence electrons. The van der Waals surface area contributed by atoms with Crippen LogP contribution in [-0.2, 0) is 24.8 Å². The number of sulfonamides is 2. The van der Waals surface area contributed by atoms with E-state index in [0.29, 0.717) is 51.3 Å². The number of primary amides is 1. The number of nitrogens with zero attached hydrogens (tertiary/aromatic N) is 4. The molecule has 2 fully saturated rings. The summed E-state index contributed by atoms with van der Waals surface area (Å²) in [5.41, 5.74) is 5.65. The fourth-order valence-electron chi connectivity index (χ4n) is 4.19. The van der Waals surface area contributed by atoms with Crippen molar-refractivity contribution in [2.75, 3.05) is 37.6 Å². The Bertz CT molecular complexity index is 1260. The zero-order chi connectivity index (χ0) is 24.5. The van der Waals surface area contributed by atoms with Gasteiger partial charge in [-0.15, -0.1) is 10.2 Å². The van der Waals surface area contributed by atoms with E-state index >= 15 is 0 Å². The first-order chi connectivity index (χ1) is 16.1. The van der Waals surface area contributed by atoms with Crippen LogP contribution in [0.15, 0.2) is 21.9 Å². The first-order valence-electron chi connectivity index (χ1n) is 10.5. The highest BCUT2D eigenvalue weighted by Gasteiger charge is 2.35. The van der Waals surface area contributed by atoms with E-state index < -0.39 is 47.8 Å². The van der Waals surface area contributed by atoms with Crippen molar-refractivity contribution in [3.05, 3.63) is 12.1 Å². The van der Waals surface area contributed by atoms with Crippen LogP contribution in [0, 0.1) is 0 Å². The predicted octanol–water partition coefficient (Wildman–Crippen LogP) is -3.19. The molecule has 15 nitrogen and oxygen atoms in total. The van der Waals surface area contributed by atoms with Gasteiger partial charge < -0.3 is 21.3 Å². The minimum absolute atomic E-state index is 0.0961. The van der Waals surface area contributed by atoms with Crippen LogP contribution in [0.4, 0.5) is 5.69 Å². The lowest BCUT2D eigenvalue weighted by Crippen LogP contribution is -2.41. The molecule has 2 saturated heterocycles. The molecule has 0 radical (unpaired) electrons. The normalized spacial score (nSPS) is 22.0. The number of H-pyrrole nitrogens is 1. The largest absolute Gasteiger partial charge is 0.370 e. The van der Waals surface area contributed by atoms with Crippen molar-refractivity contribution in [2.45, 2.75) is 34.7 Å². The number of primary sulfonamides is 1. The minimum Gasteiger partial charge on any atom is -0.370 e. The monoisotopic (exact) mass is 514 g/mol. The van der Waals surface area contributed by atoms with Crippen LogP contribution < -0.4 is 31.1 Å². The van der Waals surface area contributed by atoms with Gasteiger partial charge in [-0.1, -0.05) is 0 Å². The van der Waals surface area contributed by atoms with Crippen LogP contribution >= 0.6 is 0 Å². The minimum atomic E-state index is -4.57. The molecule has 1 aromatic carbocycles. The zero-order valence-electron chi connectivity index (χ0n) is 18.1. The Morgan fingerprint density at radius 1 is 1.15 bits per heavy atom. The van der Waals surface area contributed by atoms with E-state index in [1.54, 1.807) is 4.90 Å². The van der Waals surface area contributed by atoms with Gasteiger partial charge in [0.25, 0.3) is 0 Å². The zero-order valence-corrected chi connectivity index (χ0v) is 19.7. The summed E-state index contributed by atoms with van der Waals surface area (Å²) >= 11 is 0. The number of amides is 1. The quantitative estimate of drug-likeness (QED) is 0.215. The van der Waals surface area contributed by atoms with E-state index in [1.165, 1.54) is 12.1 Å². The third-order valence-electron chi connectivity index (χ3n) is 5.77. The summed E-state index contributed by atoms with van der Waals surface area (Å²) in [4.78, 5) is 12.3. The topological polar surface area (TPSA) is 231 Å². The second-order valence-electron chi connectivity index (χ2n) is 8.06. The SMILES string of the molecule is NC(=O)C1CCN(c2ccc(S(=O)(=O)N[C@@H]3CCNC3)c(S(N)(=O)=O)c2-c2nn[nH]n2)CCN1. The van der Waals surface area contributed by atoms with Crippen LogP contribution in [0.1, 0.15) is 12.8 Å². The molecule has 3 heterocycles. The lowest BCUT2D eigenvalue weighted by atomic mass is 10.1. The number of anilines is 1. The van der Waals surface area contributed by atoms with Crippen molar-refractivity contribution in [2.24, 2.45) is 10.9 Å². The van der Waals surface area contributed by atoms with Gasteiger partial charge in [-0.25, -0.2) is 26.7 Å². The Morgan fingerprint density at radius 3 is 2.56 bits per heavy atom. The van der Waals surface area contributed by atoms with Gasteiger partial charge in [0.05, 0.1) is 11.6 Å². The van der Waals surface area contributed by atoms with E-state index in [0.717, 1.165) is 0 Å². The van der Waals surface area contributed by atoms with Crippen LogP contribution in [0.25, 0.3) is 11.4 Å². The molecule has 4 rings (SSSR count). The number of carbonyl (C=O) groups excluding carboxylic acids is 1. The molecule has 34 heavy (non-hydrogen) atoms. The van der Waals surface area contributed by atoms with E-state index in [9.17, 15) is 21.6 Å². The first-order valence-corrected chi connectivity index (χ1v) is 13.5. The number of rotatable bonds is 7. The highest BCUT2D eigenvalue weighted by atomic mass is 32.2. The number of aromatic nitrogens is 4. The number of nitrogens with two attached hydrogens (primary N) is 2. The Balaban J connectivity index is 1.86. The van der Waals surface area contributed by atoms with E-state index in [1.807, 2.05) is 0 Å². The average molecular weight is 515 g/mol. The molecule has 2 aliphatic rings. The molecule has 1 amide bonds. The summed E-state index contributed by atoms with van der Waals surface area (Å²) in [6.07, 6.45) is 0.906. The number of carbonyl (C=O) groups is 1. The molecule has 0 spiro atoms. The van der Waals surface area contributed by atoms with Crippen molar-refractivity contribution in [1.29, 1.82) is 0 Å². The van der Waals surface area contributed by atoms with Crippen LogP contribution in [0.2, 0.25) is 0 Å². The third kappa shape index (κ3) is 5.03. The van der Waals surface area contributed by atoms with Gasteiger partial charge >= 0.3 is 0 Å². The number of hydrogen-bond acceptors (Lipinski definition) is 11. The Morgan fingerprint density at radius 2 is 1.94 bits per heavy atom. The van der Waals surface area contributed by atoms with Crippen molar-refractivity contribution >= 4 is 31.6 Å². The highest BCUT2D eigenvalue weighted by molar-refractivity contribution is 7.92. The van der Waals surface area contributed by atoms with Crippen molar-refractivity contribution in [3.8, 4) is 11.4 Å². The van der Waals surface area contributed by atoms with Crippen LogP contribution in [0.5, 0.6) is 0 Å². The second kappa shape index (κ2) is 9.51. The highest BCUT2D eigenvalue weighted by Crippen LogP contribution is 2.38. The third-order valence-corrected chi connectivity index (χ3v) is 8.45. The Hall–Kier alpha value is -2.70. The Kier molecular flexibility index (Phi) is 6.83. The molecular weight excluding hydrogens is 488 g/mol. The fourth-order valence-corrected chi connectivity index (χ4v) is 7.06. The van der Waals surface area contributed by atoms with E-state index in [2.05, 4.69) is 36.0 Å². The number of nitrogens with one attached hydrogen (secondary N) is 4. The Labute approximate surface area is 196 Å². The molecule has 2 aromatic rings. The lowest BCUT2D eigenvalue weighted by Gasteiger charge is -2.26. The smallest absolute Gasteiger partial charge is 0.242 e. The van der Waals surface area contributed by atoms with Gasteiger partial charge in [-0.2, -0.15) is 5.21 Å². The van der Waals surface area contributed by atoms with Crippen LogP contribution in [0.3, 0.4) is 0 Å². The maximum atomic E-state index is 13.2. The van der Waals surface area contributed by atoms with Gasteiger partial charge in [-0.3, -0.25) is 4.79 Å². The summed E-state index contributed by atoms with van der Waals surface area (Å²) in [6.45, 7) is 2.13. The molecule has 2 atom stereocenters. The van der Waals surface area contributed by atoms with Gasteiger partial charge in [-0.05, 0) is 36.7 Å². The summed E-state index contributed by atoms with van der Waals surface area (Å²) in [7, 11) is -8.85. The summed E-state index contributed by atoms with van der Waals surface area (Å²) in [5.74, 6) is -0.637. The maximum Gasteiger partial charge on any atom is 0.242 e. The van der Waals surface area contributed by atoms with Crippen molar-refractivity contribution < 1.29 is 21.6 Å². The van der Waals surface area contributed by atoms with Crippen molar-refractivity contribution in [1.82, 2.24) is 36.0 Å². The van der Waals surface area contributed by atoms with Crippen molar-refractivity contribution in [3.63, 3.8) is 0 Å².